The van der Waals surface area contributed by atoms with Crippen molar-refractivity contribution in [1.29, 1.82) is 0 Å². The molecule has 6 rings (SSSR count). The van der Waals surface area contributed by atoms with Gasteiger partial charge in [-0.05, 0) is 79.0 Å². The van der Waals surface area contributed by atoms with Crippen LogP contribution in [-0.2, 0) is 68.7 Å². The molecule has 514 valence electrons. The summed E-state index contributed by atoms with van der Waals surface area (Å²) in [7, 11) is 5.95. The van der Waals surface area contributed by atoms with E-state index in [4.69, 9.17) is 23.7 Å². The van der Waals surface area contributed by atoms with Gasteiger partial charge in [-0.25, -0.2) is 9.59 Å². The molecular weight excluding hydrogens is 1210 g/mol. The molecular formula is C66H95N7O20. The Morgan fingerprint density at radius 2 is 1.46 bits per heavy atom. The maximum Gasteiger partial charge on any atom is 0.410 e. The molecule has 93 heavy (non-hydrogen) atoms. The lowest BCUT2D eigenvalue weighted by Gasteiger charge is -2.45. The fourth-order valence-electron chi connectivity index (χ4n) is 12.9. The van der Waals surface area contributed by atoms with Gasteiger partial charge in [0.05, 0.1) is 42.5 Å². The molecule has 27 heteroatoms. The van der Waals surface area contributed by atoms with Gasteiger partial charge >= 0.3 is 12.1 Å². The molecule has 2 aromatic rings. The van der Waals surface area contributed by atoms with Crippen molar-refractivity contribution in [3.63, 3.8) is 0 Å². The number of carboxylic acid groups (broad SMARTS) is 1. The number of Topliss-reactive ketones (excluding diaryl/α,β-unsaturated/α-hetero) is 1. The smallest absolute Gasteiger partial charge is 0.410 e. The van der Waals surface area contributed by atoms with Crippen molar-refractivity contribution in [2.75, 3.05) is 46.7 Å². The van der Waals surface area contributed by atoms with Crippen LogP contribution in [0.3, 0.4) is 0 Å². The van der Waals surface area contributed by atoms with Gasteiger partial charge in [-0.15, -0.1) is 0 Å². The van der Waals surface area contributed by atoms with Crippen LogP contribution in [0.2, 0.25) is 0 Å². The third kappa shape index (κ3) is 17.5. The number of nitrogens with zero attached hydrogens (tertiary/aromatic N) is 4. The van der Waals surface area contributed by atoms with E-state index >= 15 is 0 Å². The minimum absolute atomic E-state index is 0.0981. The van der Waals surface area contributed by atoms with Crippen molar-refractivity contribution in [1.82, 2.24) is 30.2 Å². The topological polar surface area (TPSA) is 367 Å². The number of ether oxygens (including phenoxy) is 5. The number of methoxy groups -OCH3 is 2. The van der Waals surface area contributed by atoms with Crippen LogP contribution in [0.15, 0.2) is 60.7 Å². The molecule has 8 N–H and O–H groups in total. The maximum atomic E-state index is 14.9. The lowest BCUT2D eigenvalue weighted by Crippen LogP contribution is -2.64. The van der Waals surface area contributed by atoms with E-state index in [1.807, 2.05) is 51.1 Å². The first-order chi connectivity index (χ1) is 43.9. The lowest BCUT2D eigenvalue weighted by molar-refractivity contribution is -0.271. The fourth-order valence-corrected chi connectivity index (χ4v) is 12.9. The fraction of sp³-hybridized carbons (Fsp3) is 0.636. The number of carbonyl (C=O) groups excluding carboxylic acids is 9. The number of benzene rings is 2. The molecule has 0 bridgehead atoms. The van der Waals surface area contributed by atoms with Gasteiger partial charge in [0.15, 0.2) is 6.10 Å². The number of carboxylic acids is 1. The zero-order valence-electron chi connectivity index (χ0n) is 55.2. The summed E-state index contributed by atoms with van der Waals surface area (Å²) in [6.45, 7) is 14.1. The highest BCUT2D eigenvalue weighted by Crippen LogP contribution is 2.40. The van der Waals surface area contributed by atoms with Crippen LogP contribution in [0.1, 0.15) is 130 Å². The molecule has 0 radical (unpaired) electrons. The number of aliphatic hydroxyl groups excluding tert-OH is 4. The summed E-state index contributed by atoms with van der Waals surface area (Å²) in [6, 6.07) is 9.65. The van der Waals surface area contributed by atoms with Crippen LogP contribution in [0, 0.1) is 29.6 Å². The molecule has 0 aromatic heterocycles. The SMILES string of the molecule is CC[C@H](C)[C@@H]([C@@H](CC(=O)N1CCC[C@H]1[C@H](OC)[C@@H](C)C(=O)C[C@H](C)[C@@H](O)c1ccccc1)OC)N(C)C(=O)[C@@H](NC(=O)[C@H](C(C)C)N(C)C(=O)OCc1ccc(O[C@@H]2O[C@H](C(=O)O)[C@@H](O)[C@H](O)[C@H]2O)c(NC(=O)CCNC(=O)C2(N3C(=O)C=CC3=O)CCC2)c1)C(C)C. The molecule has 2 saturated heterocycles. The van der Waals surface area contributed by atoms with Gasteiger partial charge in [0.2, 0.25) is 35.8 Å². The Labute approximate surface area is 542 Å². The molecule has 15 atom stereocenters. The normalized spacial score (nSPS) is 23.1. The highest BCUT2D eigenvalue weighted by molar-refractivity contribution is 6.16. The molecule has 8 amide bonds. The molecule has 0 spiro atoms. The van der Waals surface area contributed by atoms with E-state index < -0.39 is 151 Å². The minimum atomic E-state index is -2.04. The minimum Gasteiger partial charge on any atom is -0.479 e. The zero-order chi connectivity index (χ0) is 68.9. The van der Waals surface area contributed by atoms with Crippen LogP contribution in [0.25, 0.3) is 0 Å². The molecule has 1 saturated carbocycles. The quantitative estimate of drug-likeness (QED) is 0.0487. The van der Waals surface area contributed by atoms with Crippen molar-refractivity contribution in [3.8, 4) is 5.75 Å². The highest BCUT2D eigenvalue weighted by Gasteiger charge is 2.54. The van der Waals surface area contributed by atoms with Crippen molar-refractivity contribution in [3.05, 3.63) is 71.8 Å². The number of carbonyl (C=O) groups is 10. The van der Waals surface area contributed by atoms with Crippen LogP contribution >= 0.6 is 0 Å². The summed E-state index contributed by atoms with van der Waals surface area (Å²) in [5.74, 6) is -8.29. The number of hydrogen-bond donors (Lipinski definition) is 8. The van der Waals surface area contributed by atoms with Crippen LogP contribution < -0.4 is 20.7 Å². The number of anilines is 1. The van der Waals surface area contributed by atoms with Gasteiger partial charge in [0, 0.05) is 72.3 Å². The highest BCUT2D eigenvalue weighted by atomic mass is 16.7. The number of rotatable bonds is 32. The van der Waals surface area contributed by atoms with E-state index in [2.05, 4.69) is 16.0 Å². The van der Waals surface area contributed by atoms with E-state index in [9.17, 15) is 73.5 Å². The Bertz CT molecular complexity index is 3000. The van der Waals surface area contributed by atoms with Gasteiger partial charge in [0.1, 0.15) is 54.1 Å². The van der Waals surface area contributed by atoms with Gasteiger partial charge in [-0.1, -0.05) is 98.2 Å². The number of hydrogen-bond acceptors (Lipinski definition) is 19. The Kier molecular flexibility index (Phi) is 26.6. The summed E-state index contributed by atoms with van der Waals surface area (Å²) < 4.78 is 28.9. The molecule has 27 nitrogen and oxygen atoms in total. The predicted octanol–water partition coefficient (Wildman–Crippen LogP) is 3.23. The second-order valence-corrected chi connectivity index (χ2v) is 25.6. The lowest BCUT2D eigenvalue weighted by atomic mass is 9.74. The first-order valence-electron chi connectivity index (χ1n) is 31.9. The van der Waals surface area contributed by atoms with Gasteiger partial charge in [-0.3, -0.25) is 48.2 Å². The Morgan fingerprint density at radius 3 is 2.03 bits per heavy atom. The molecule has 4 aliphatic rings. The number of likely N-dealkylation sites (tertiary alicyclic amines) is 1. The summed E-state index contributed by atoms with van der Waals surface area (Å²) >= 11 is 0. The van der Waals surface area contributed by atoms with E-state index in [0.717, 1.165) is 22.0 Å². The molecule has 1 aliphatic carbocycles. The maximum absolute atomic E-state index is 14.9. The number of nitrogens with one attached hydrogen (secondary N) is 3. The number of ketones is 1. The number of imide groups is 1. The Morgan fingerprint density at radius 1 is 0.806 bits per heavy atom. The second-order valence-electron chi connectivity index (χ2n) is 25.6. The first-order valence-corrected chi connectivity index (χ1v) is 31.9. The number of likely N-dealkylation sites (N-methyl/N-ethyl adjacent to an activating group) is 2. The van der Waals surface area contributed by atoms with Crippen LogP contribution in [0.4, 0.5) is 10.5 Å². The Hall–Kier alpha value is -7.40. The van der Waals surface area contributed by atoms with Crippen molar-refractivity contribution < 1.29 is 97.2 Å². The molecule has 3 heterocycles. The van der Waals surface area contributed by atoms with Crippen molar-refractivity contribution in [2.24, 2.45) is 29.6 Å². The zero-order valence-corrected chi connectivity index (χ0v) is 55.2. The van der Waals surface area contributed by atoms with E-state index in [1.54, 1.807) is 46.6 Å². The van der Waals surface area contributed by atoms with E-state index in [-0.39, 0.29) is 79.2 Å². The molecule has 0 unspecified atom stereocenters. The summed E-state index contributed by atoms with van der Waals surface area (Å²) in [4.78, 5) is 141. The standard InChI is InChI=1S/C66H95N7O20/c1-13-37(6)53(46(89-11)33-50(78)72-30-17-21-43(72)58(90-12)39(8)44(74)31-38(7)54(79)41-19-15-14-16-20-41)70(9)61(84)51(35(2)3)69-60(83)52(36(4)5)71(10)65(88)91-34-40-22-23-45(92-63-57(82)55(80)56(81)59(93-63)62(85)86)42(32-40)68-47(75)26-29-67-64(87)66(27-18-28-66)73-48(76)24-25-49(73)77/h14-16,19-20,22-25,32,35-39,43,46,51-59,63,79-82H,13,17-18,21,26-31,33-34H2,1-12H3,(H,67,87)(H,68,75)(H,69,83)(H,85,86)/t37-,38-,39-,43-,46+,51-,52-,53-,54+,55-,56-,57+,58+,59-,63+/m0/s1. The van der Waals surface area contributed by atoms with E-state index in [1.165, 1.54) is 44.4 Å². The van der Waals surface area contributed by atoms with Crippen LogP contribution in [0.5, 0.6) is 5.75 Å². The summed E-state index contributed by atoms with van der Waals surface area (Å²) in [6.07, 6.45) is -8.66. The number of aliphatic hydroxyl groups is 4. The molecule has 3 aliphatic heterocycles. The average Bonchev–Trinajstić information content (AvgIpc) is 1.73. The number of aliphatic carboxylic acids is 1. The monoisotopic (exact) mass is 1310 g/mol. The summed E-state index contributed by atoms with van der Waals surface area (Å²) in [5.41, 5.74) is -0.641. The van der Waals surface area contributed by atoms with Gasteiger partial charge in [-0.2, -0.15) is 0 Å². The predicted molar refractivity (Wildman–Crippen MR) is 335 cm³/mol. The molecule has 2 aromatic carbocycles. The van der Waals surface area contributed by atoms with E-state index in [0.29, 0.717) is 37.8 Å². The van der Waals surface area contributed by atoms with Crippen LogP contribution in [-0.4, -0.2) is 218 Å². The Balaban J connectivity index is 1.12. The first kappa shape index (κ1) is 74.6. The van der Waals surface area contributed by atoms with Gasteiger partial charge < -0.3 is 75.0 Å². The third-order valence-electron chi connectivity index (χ3n) is 18.6. The largest absolute Gasteiger partial charge is 0.479 e. The summed E-state index contributed by atoms with van der Waals surface area (Å²) in [5, 5.41) is 60.4. The average molecular weight is 1310 g/mol. The molecule has 3 fully saturated rings. The van der Waals surface area contributed by atoms with Crippen molar-refractivity contribution in [2.45, 2.75) is 199 Å². The number of amides is 8. The third-order valence-corrected chi connectivity index (χ3v) is 18.6. The van der Waals surface area contributed by atoms with Gasteiger partial charge in [0.25, 0.3) is 11.8 Å². The van der Waals surface area contributed by atoms with Crippen molar-refractivity contribution >= 4 is 64.9 Å². The second kappa shape index (κ2) is 33.1.